The number of benzene rings is 1. The van der Waals surface area contributed by atoms with E-state index in [9.17, 15) is 4.79 Å². The summed E-state index contributed by atoms with van der Waals surface area (Å²) in [5, 5.41) is 0. The molecule has 1 heterocycles. The van der Waals surface area contributed by atoms with Gasteiger partial charge >= 0.3 is 0 Å². The van der Waals surface area contributed by atoms with E-state index in [1.165, 1.54) is 0 Å². The molecule has 104 valence electrons. The Morgan fingerprint density at radius 3 is 3.00 bits per heavy atom. The Kier molecular flexibility index (Phi) is 5.82. The van der Waals surface area contributed by atoms with E-state index >= 15 is 0 Å². The second kappa shape index (κ2) is 7.62. The van der Waals surface area contributed by atoms with Crippen LogP contribution in [0.2, 0.25) is 0 Å². The van der Waals surface area contributed by atoms with Crippen LogP contribution in [0.1, 0.15) is 29.6 Å². The number of carbonyl (C=O) groups is 1. The maximum absolute atomic E-state index is 10.8. The molecule has 0 radical (unpaired) electrons. The Bertz CT molecular complexity index is 416. The molecule has 1 aromatic carbocycles. The van der Waals surface area contributed by atoms with E-state index in [0.29, 0.717) is 29.0 Å². The number of carbonyl (C=O) groups excluding carboxylic acids is 1. The highest BCUT2D eigenvalue weighted by Crippen LogP contribution is 2.27. The molecule has 0 bridgehead atoms. The Morgan fingerprint density at radius 2 is 2.26 bits per heavy atom. The monoisotopic (exact) mass is 328 g/mol. The SMILES string of the molecule is O=Cc1cccc(OCCOC2CCCCO2)c1Br. The predicted molar refractivity (Wildman–Crippen MR) is 74.6 cm³/mol. The second-order valence-corrected chi connectivity index (χ2v) is 5.09. The van der Waals surface area contributed by atoms with E-state index in [0.717, 1.165) is 32.2 Å². The number of rotatable bonds is 6. The van der Waals surface area contributed by atoms with E-state index in [1.54, 1.807) is 12.1 Å². The van der Waals surface area contributed by atoms with Crippen molar-refractivity contribution in [2.75, 3.05) is 19.8 Å². The molecule has 1 unspecified atom stereocenters. The summed E-state index contributed by atoms with van der Waals surface area (Å²) in [6, 6.07) is 5.33. The molecule has 0 spiro atoms. The summed E-state index contributed by atoms with van der Waals surface area (Å²) < 4.78 is 17.3. The second-order valence-electron chi connectivity index (χ2n) is 4.29. The van der Waals surface area contributed by atoms with Crippen molar-refractivity contribution in [3.63, 3.8) is 0 Å². The van der Waals surface area contributed by atoms with Crippen LogP contribution in [-0.2, 0) is 9.47 Å². The van der Waals surface area contributed by atoms with Gasteiger partial charge in [0.15, 0.2) is 12.6 Å². The third-order valence-electron chi connectivity index (χ3n) is 2.90. The lowest BCUT2D eigenvalue weighted by molar-refractivity contribution is -0.165. The van der Waals surface area contributed by atoms with Gasteiger partial charge in [0.05, 0.1) is 11.1 Å². The summed E-state index contributed by atoms with van der Waals surface area (Å²) in [6.07, 6.45) is 3.91. The quantitative estimate of drug-likeness (QED) is 0.594. The first-order chi connectivity index (χ1) is 9.31. The fourth-order valence-corrected chi connectivity index (χ4v) is 2.38. The van der Waals surface area contributed by atoms with Crippen LogP contribution < -0.4 is 4.74 Å². The average molecular weight is 329 g/mol. The van der Waals surface area contributed by atoms with Crippen molar-refractivity contribution in [1.82, 2.24) is 0 Å². The Labute approximate surface area is 121 Å². The third-order valence-corrected chi connectivity index (χ3v) is 3.75. The summed E-state index contributed by atoms with van der Waals surface area (Å²) in [5.74, 6) is 0.651. The number of aldehydes is 1. The van der Waals surface area contributed by atoms with E-state index in [4.69, 9.17) is 14.2 Å². The van der Waals surface area contributed by atoms with Gasteiger partial charge in [-0.2, -0.15) is 0 Å². The van der Waals surface area contributed by atoms with Gasteiger partial charge in [0, 0.05) is 12.2 Å². The van der Waals surface area contributed by atoms with Crippen molar-refractivity contribution in [2.24, 2.45) is 0 Å². The maximum Gasteiger partial charge on any atom is 0.157 e. The molecule has 1 aromatic rings. The highest BCUT2D eigenvalue weighted by Gasteiger charge is 2.13. The zero-order valence-electron chi connectivity index (χ0n) is 10.6. The minimum atomic E-state index is -0.0953. The van der Waals surface area contributed by atoms with Crippen LogP contribution in [0.3, 0.4) is 0 Å². The van der Waals surface area contributed by atoms with Crippen LogP contribution in [0.4, 0.5) is 0 Å². The smallest absolute Gasteiger partial charge is 0.157 e. The van der Waals surface area contributed by atoms with Crippen molar-refractivity contribution < 1.29 is 19.0 Å². The molecular formula is C14H17BrO4. The number of hydrogen-bond acceptors (Lipinski definition) is 4. The maximum atomic E-state index is 10.8. The van der Waals surface area contributed by atoms with Crippen LogP contribution in [0.25, 0.3) is 0 Å². The highest BCUT2D eigenvalue weighted by molar-refractivity contribution is 9.10. The zero-order valence-corrected chi connectivity index (χ0v) is 12.2. The number of hydrogen-bond donors (Lipinski definition) is 0. The Hall–Kier alpha value is -0.910. The summed E-state index contributed by atoms with van der Waals surface area (Å²) >= 11 is 3.35. The molecule has 0 amide bonds. The van der Waals surface area contributed by atoms with Crippen molar-refractivity contribution in [3.05, 3.63) is 28.2 Å². The first-order valence-electron chi connectivity index (χ1n) is 6.41. The van der Waals surface area contributed by atoms with Gasteiger partial charge in [-0.1, -0.05) is 12.1 Å². The predicted octanol–water partition coefficient (Wildman–Crippen LogP) is 3.18. The van der Waals surface area contributed by atoms with E-state index in [2.05, 4.69) is 15.9 Å². The largest absolute Gasteiger partial charge is 0.490 e. The lowest BCUT2D eigenvalue weighted by Crippen LogP contribution is -2.24. The zero-order chi connectivity index (χ0) is 13.5. The lowest BCUT2D eigenvalue weighted by atomic mass is 10.2. The molecule has 1 aliphatic heterocycles. The lowest BCUT2D eigenvalue weighted by Gasteiger charge is -2.22. The molecule has 5 heteroatoms. The van der Waals surface area contributed by atoms with Crippen LogP contribution in [0, 0.1) is 0 Å². The van der Waals surface area contributed by atoms with Gasteiger partial charge < -0.3 is 14.2 Å². The molecule has 4 nitrogen and oxygen atoms in total. The van der Waals surface area contributed by atoms with Gasteiger partial charge in [-0.15, -0.1) is 0 Å². The van der Waals surface area contributed by atoms with Gasteiger partial charge in [0.2, 0.25) is 0 Å². The molecule has 19 heavy (non-hydrogen) atoms. The fourth-order valence-electron chi connectivity index (χ4n) is 1.90. The number of halogens is 1. The van der Waals surface area contributed by atoms with Crippen molar-refractivity contribution >= 4 is 22.2 Å². The fraction of sp³-hybridized carbons (Fsp3) is 0.500. The Balaban J connectivity index is 1.74. The summed E-state index contributed by atoms with van der Waals surface area (Å²) in [5.41, 5.74) is 0.578. The molecular weight excluding hydrogens is 312 g/mol. The van der Waals surface area contributed by atoms with Gasteiger partial charge in [-0.25, -0.2) is 0 Å². The highest BCUT2D eigenvalue weighted by atomic mass is 79.9. The first-order valence-corrected chi connectivity index (χ1v) is 7.20. The minimum absolute atomic E-state index is 0.0953. The number of ether oxygens (including phenoxy) is 3. The average Bonchev–Trinajstić information content (AvgIpc) is 2.46. The van der Waals surface area contributed by atoms with Gasteiger partial charge in [-0.05, 0) is 41.3 Å². The van der Waals surface area contributed by atoms with Crippen LogP contribution >= 0.6 is 15.9 Å². The molecule has 2 rings (SSSR count). The normalized spacial score (nSPS) is 19.1. The topological polar surface area (TPSA) is 44.8 Å². The van der Waals surface area contributed by atoms with Crippen molar-refractivity contribution in [2.45, 2.75) is 25.6 Å². The molecule has 1 saturated heterocycles. The first kappa shape index (κ1) is 14.5. The van der Waals surface area contributed by atoms with Crippen molar-refractivity contribution in [1.29, 1.82) is 0 Å². The molecule has 0 N–H and O–H groups in total. The molecule has 1 aliphatic rings. The molecule has 0 aliphatic carbocycles. The third kappa shape index (κ3) is 4.30. The van der Waals surface area contributed by atoms with Gasteiger partial charge in [0.25, 0.3) is 0 Å². The Morgan fingerprint density at radius 1 is 1.37 bits per heavy atom. The summed E-state index contributed by atoms with van der Waals surface area (Å²) in [4.78, 5) is 10.8. The van der Waals surface area contributed by atoms with Crippen molar-refractivity contribution in [3.8, 4) is 5.75 Å². The van der Waals surface area contributed by atoms with E-state index < -0.39 is 0 Å². The molecule has 0 aromatic heterocycles. The summed E-state index contributed by atoms with van der Waals surface area (Å²) in [7, 11) is 0. The van der Waals surface area contributed by atoms with Crippen LogP contribution in [0.5, 0.6) is 5.75 Å². The van der Waals surface area contributed by atoms with Gasteiger partial charge in [0.1, 0.15) is 12.4 Å². The van der Waals surface area contributed by atoms with Crippen LogP contribution in [-0.4, -0.2) is 32.4 Å². The minimum Gasteiger partial charge on any atom is -0.490 e. The van der Waals surface area contributed by atoms with Crippen LogP contribution in [0.15, 0.2) is 22.7 Å². The molecule has 1 fully saturated rings. The standard InChI is InChI=1S/C14H17BrO4/c15-14-11(10-16)4-3-5-12(14)17-8-9-19-13-6-1-2-7-18-13/h3-5,10,13H,1-2,6-9H2. The van der Waals surface area contributed by atoms with E-state index in [1.807, 2.05) is 6.07 Å². The van der Waals surface area contributed by atoms with Gasteiger partial charge in [-0.3, -0.25) is 4.79 Å². The van der Waals surface area contributed by atoms with E-state index in [-0.39, 0.29) is 6.29 Å². The molecule has 1 atom stereocenters. The summed E-state index contributed by atoms with van der Waals surface area (Å²) in [6.45, 7) is 1.68. The molecule has 0 saturated carbocycles.